The van der Waals surface area contributed by atoms with Crippen molar-refractivity contribution in [2.24, 2.45) is 0 Å². The van der Waals surface area contributed by atoms with Crippen LogP contribution in [0.5, 0.6) is 0 Å². The number of hydrogen-bond acceptors (Lipinski definition) is 4. The lowest BCUT2D eigenvalue weighted by Gasteiger charge is -2.25. The number of aryl methyl sites for hydroxylation is 1. The van der Waals surface area contributed by atoms with Gasteiger partial charge in [-0.15, -0.1) is 0 Å². The van der Waals surface area contributed by atoms with Gasteiger partial charge in [0.05, 0.1) is 17.3 Å². The molecule has 0 saturated heterocycles. The van der Waals surface area contributed by atoms with Crippen LogP contribution in [0, 0.1) is 12.7 Å². The van der Waals surface area contributed by atoms with E-state index in [1.807, 2.05) is 54.8 Å². The normalized spacial score (nSPS) is 13.8. The number of aromatic nitrogens is 3. The minimum absolute atomic E-state index is 0.200. The molecule has 2 aromatic heterocycles. The first kappa shape index (κ1) is 17.4. The molecule has 5 nitrogen and oxygen atoms in total. The lowest BCUT2D eigenvalue weighted by atomic mass is 10.0. The summed E-state index contributed by atoms with van der Waals surface area (Å²) in [5, 5.41) is 8.89. The molecule has 0 fully saturated rings. The molecule has 27 heavy (non-hydrogen) atoms. The molecule has 0 aliphatic heterocycles. The number of hydrogen-bond donors (Lipinski definition) is 1. The quantitative estimate of drug-likeness (QED) is 0.566. The van der Waals surface area contributed by atoms with Crippen molar-refractivity contribution in [3.05, 3.63) is 71.7 Å². The number of anilines is 1. The fourth-order valence-electron chi connectivity index (χ4n) is 3.48. The average molecular weight is 364 g/mol. The Hall–Kier alpha value is -2.99. The molecule has 0 saturated carbocycles. The Balaban J connectivity index is 1.76. The highest BCUT2D eigenvalue weighted by atomic mass is 19.1. The van der Waals surface area contributed by atoms with Gasteiger partial charge in [0, 0.05) is 24.1 Å². The molecular formula is C21H21FN4O. The second kappa shape index (κ2) is 6.96. The van der Waals surface area contributed by atoms with Crippen LogP contribution in [0.1, 0.15) is 24.3 Å². The summed E-state index contributed by atoms with van der Waals surface area (Å²) in [6.07, 6.45) is -0.449. The van der Waals surface area contributed by atoms with Crippen LogP contribution in [0.4, 0.5) is 10.2 Å². The largest absolute Gasteiger partial charge is 0.375 e. The number of ether oxygens (including phenoxy) is 1. The van der Waals surface area contributed by atoms with Gasteiger partial charge in [-0.05, 0) is 32.0 Å². The minimum atomic E-state index is -0.449. The van der Waals surface area contributed by atoms with Crippen LogP contribution in [0.15, 0.2) is 54.6 Å². The fraction of sp³-hybridized carbons (Fsp3) is 0.238. The van der Waals surface area contributed by atoms with Crippen LogP contribution in [-0.2, 0) is 4.74 Å². The maximum absolute atomic E-state index is 14.3. The summed E-state index contributed by atoms with van der Waals surface area (Å²) < 4.78 is 21.7. The van der Waals surface area contributed by atoms with Gasteiger partial charge in [0.15, 0.2) is 5.65 Å². The molecule has 0 aliphatic carbocycles. The molecule has 0 aliphatic rings. The third-order valence-corrected chi connectivity index (χ3v) is 4.71. The van der Waals surface area contributed by atoms with Crippen molar-refractivity contribution in [1.82, 2.24) is 14.6 Å². The van der Waals surface area contributed by atoms with Crippen LogP contribution in [-0.4, -0.2) is 27.7 Å². The van der Waals surface area contributed by atoms with Gasteiger partial charge in [-0.25, -0.2) is 13.9 Å². The van der Waals surface area contributed by atoms with E-state index in [4.69, 9.17) is 9.72 Å². The predicted molar refractivity (Wildman–Crippen MR) is 104 cm³/mol. The van der Waals surface area contributed by atoms with E-state index in [-0.39, 0.29) is 11.9 Å². The van der Waals surface area contributed by atoms with Crippen molar-refractivity contribution >= 4 is 22.4 Å². The molecule has 2 heterocycles. The van der Waals surface area contributed by atoms with E-state index < -0.39 is 6.10 Å². The van der Waals surface area contributed by atoms with Gasteiger partial charge in [0.25, 0.3) is 0 Å². The Kier molecular flexibility index (Phi) is 4.49. The highest BCUT2D eigenvalue weighted by Crippen LogP contribution is 2.28. The van der Waals surface area contributed by atoms with Crippen LogP contribution in [0.25, 0.3) is 16.6 Å². The highest BCUT2D eigenvalue weighted by Gasteiger charge is 2.23. The number of nitrogens with one attached hydrogen (secondary N) is 1. The summed E-state index contributed by atoms with van der Waals surface area (Å²) in [7, 11) is 1.59. The van der Waals surface area contributed by atoms with Gasteiger partial charge in [0.1, 0.15) is 17.7 Å². The van der Waals surface area contributed by atoms with Gasteiger partial charge < -0.3 is 10.1 Å². The molecule has 4 rings (SSSR count). The van der Waals surface area contributed by atoms with Gasteiger partial charge >= 0.3 is 0 Å². The predicted octanol–water partition coefficient (Wildman–Crippen LogP) is 4.52. The summed E-state index contributed by atoms with van der Waals surface area (Å²) >= 11 is 0. The van der Waals surface area contributed by atoms with E-state index in [0.29, 0.717) is 5.56 Å². The van der Waals surface area contributed by atoms with Crippen molar-refractivity contribution in [2.75, 3.05) is 12.4 Å². The fourth-order valence-corrected chi connectivity index (χ4v) is 3.48. The molecule has 0 radical (unpaired) electrons. The summed E-state index contributed by atoms with van der Waals surface area (Å²) in [5.74, 6) is 0.446. The van der Waals surface area contributed by atoms with Crippen molar-refractivity contribution in [2.45, 2.75) is 26.0 Å². The van der Waals surface area contributed by atoms with Gasteiger partial charge in [-0.1, -0.05) is 30.3 Å². The van der Waals surface area contributed by atoms with Crippen LogP contribution in [0.2, 0.25) is 0 Å². The highest BCUT2D eigenvalue weighted by molar-refractivity contribution is 5.91. The Morgan fingerprint density at radius 3 is 2.63 bits per heavy atom. The van der Waals surface area contributed by atoms with Crippen LogP contribution >= 0.6 is 0 Å². The zero-order chi connectivity index (χ0) is 19.0. The lowest BCUT2D eigenvalue weighted by molar-refractivity contribution is 0.0876. The first-order valence-corrected chi connectivity index (χ1v) is 8.87. The Morgan fingerprint density at radius 2 is 1.85 bits per heavy atom. The number of rotatable bonds is 5. The summed E-state index contributed by atoms with van der Waals surface area (Å²) in [5.41, 5.74) is 3.15. The van der Waals surface area contributed by atoms with Gasteiger partial charge in [-0.3, -0.25) is 0 Å². The maximum atomic E-state index is 14.3. The molecule has 2 unspecified atom stereocenters. The number of benzene rings is 2. The van der Waals surface area contributed by atoms with E-state index in [1.165, 1.54) is 6.07 Å². The second-order valence-corrected chi connectivity index (χ2v) is 6.64. The maximum Gasteiger partial charge on any atom is 0.158 e. The summed E-state index contributed by atoms with van der Waals surface area (Å²) in [4.78, 5) is 4.74. The summed E-state index contributed by atoms with van der Waals surface area (Å²) in [6, 6.07) is 16.4. The first-order valence-electron chi connectivity index (χ1n) is 8.87. The van der Waals surface area contributed by atoms with E-state index in [2.05, 4.69) is 10.4 Å². The first-order chi connectivity index (χ1) is 13.1. The molecule has 0 spiro atoms. The van der Waals surface area contributed by atoms with E-state index >= 15 is 0 Å². The van der Waals surface area contributed by atoms with E-state index in [1.54, 1.807) is 19.2 Å². The third kappa shape index (κ3) is 3.13. The lowest BCUT2D eigenvalue weighted by Crippen LogP contribution is -2.27. The Labute approximate surface area is 156 Å². The smallest absolute Gasteiger partial charge is 0.158 e. The average Bonchev–Trinajstić information content (AvgIpc) is 3.04. The molecule has 4 aromatic rings. The zero-order valence-electron chi connectivity index (χ0n) is 15.5. The third-order valence-electron chi connectivity index (χ3n) is 4.71. The van der Waals surface area contributed by atoms with Crippen LogP contribution in [0.3, 0.4) is 0 Å². The molecule has 6 heteroatoms. The van der Waals surface area contributed by atoms with Gasteiger partial charge in [-0.2, -0.15) is 5.10 Å². The van der Waals surface area contributed by atoms with Crippen molar-refractivity contribution in [1.29, 1.82) is 0 Å². The monoisotopic (exact) mass is 364 g/mol. The number of nitrogens with zero attached hydrogens (tertiary/aromatic N) is 3. The van der Waals surface area contributed by atoms with Crippen molar-refractivity contribution in [3.8, 4) is 0 Å². The molecule has 0 amide bonds. The Bertz CT molecular complexity index is 1110. The Morgan fingerprint density at radius 1 is 1.11 bits per heavy atom. The van der Waals surface area contributed by atoms with E-state index in [0.717, 1.165) is 28.1 Å². The molecule has 2 atom stereocenters. The van der Waals surface area contributed by atoms with Crippen molar-refractivity contribution < 1.29 is 9.13 Å². The number of para-hydroxylation sites is 1. The van der Waals surface area contributed by atoms with Crippen molar-refractivity contribution in [3.63, 3.8) is 0 Å². The number of methoxy groups -OCH3 is 1. The molecule has 138 valence electrons. The molecule has 0 bridgehead atoms. The molecular weight excluding hydrogens is 343 g/mol. The topological polar surface area (TPSA) is 51.5 Å². The zero-order valence-corrected chi connectivity index (χ0v) is 15.5. The van der Waals surface area contributed by atoms with E-state index in [9.17, 15) is 4.39 Å². The molecule has 1 N–H and O–H groups in total. The standard InChI is InChI=1S/C21H21FN4O/c1-13-12-19-24-21(16-9-5-7-11-18(16)26(19)25-13)23-14(2)20(27-3)15-8-4-6-10-17(15)22/h4-12,14,20H,1-3H3,(H,23,24). The second-order valence-electron chi connectivity index (χ2n) is 6.64. The SMILES string of the molecule is COC(c1ccccc1F)C(C)Nc1nc2cc(C)nn2c2ccccc12. The molecule has 2 aromatic carbocycles. The summed E-state index contributed by atoms with van der Waals surface area (Å²) in [6.45, 7) is 3.90. The van der Waals surface area contributed by atoms with Crippen LogP contribution < -0.4 is 5.32 Å². The minimum Gasteiger partial charge on any atom is -0.375 e. The number of fused-ring (bicyclic) bond motifs is 3. The number of halogens is 1. The van der Waals surface area contributed by atoms with Gasteiger partial charge in [0.2, 0.25) is 0 Å².